The molecule has 5 nitrogen and oxygen atoms in total. The largest absolute Gasteiger partial charge is 0.494 e. The van der Waals surface area contributed by atoms with Crippen molar-refractivity contribution >= 4 is 31.6 Å². The van der Waals surface area contributed by atoms with E-state index in [0.29, 0.717) is 24.3 Å². The molecule has 2 aromatic heterocycles. The quantitative estimate of drug-likeness (QED) is 0.457. The highest BCUT2D eigenvalue weighted by molar-refractivity contribution is 7.25. The average Bonchev–Trinajstić information content (AvgIpc) is 3.09. The molecule has 7 heteroatoms. The normalized spacial score (nSPS) is 15.4. The van der Waals surface area contributed by atoms with Gasteiger partial charge in [-0.15, -0.1) is 11.3 Å². The molecule has 0 saturated carbocycles. The molecule has 0 fully saturated rings. The zero-order valence-electron chi connectivity index (χ0n) is 17.7. The Morgan fingerprint density at radius 1 is 1.26 bits per heavy atom. The summed E-state index contributed by atoms with van der Waals surface area (Å²) in [5.41, 5.74) is 3.75. The maximum atomic E-state index is 13.9. The average molecular weight is 439 g/mol. The van der Waals surface area contributed by atoms with Crippen molar-refractivity contribution in [2.24, 2.45) is 0 Å². The molecule has 0 bridgehead atoms. The first-order valence-electron chi connectivity index (χ1n) is 10.2. The van der Waals surface area contributed by atoms with Crippen molar-refractivity contribution in [2.45, 2.75) is 45.4 Å². The number of ether oxygens (including phenoxy) is 2. The van der Waals surface area contributed by atoms with E-state index in [1.165, 1.54) is 35.6 Å². The summed E-state index contributed by atoms with van der Waals surface area (Å²) in [7, 11) is 1.44. The molecule has 0 unspecified atom stereocenters. The molecule has 160 valence electrons. The molecule has 0 radical (unpaired) electrons. The molecule has 0 spiro atoms. The van der Waals surface area contributed by atoms with E-state index in [0.717, 1.165) is 27.6 Å². The molecule has 0 N–H and O–H groups in total. The molecule has 0 saturated heterocycles. The van der Waals surface area contributed by atoms with Crippen LogP contribution in [0.25, 0.3) is 20.3 Å². The van der Waals surface area contributed by atoms with Crippen molar-refractivity contribution in [1.29, 1.82) is 0 Å². The van der Waals surface area contributed by atoms with Gasteiger partial charge < -0.3 is 9.47 Å². The number of thiophene rings is 1. The van der Waals surface area contributed by atoms with Gasteiger partial charge in [-0.05, 0) is 61.2 Å². The number of aromatic nitrogens is 2. The second kappa shape index (κ2) is 7.43. The van der Waals surface area contributed by atoms with Crippen LogP contribution in [0.5, 0.6) is 5.75 Å². The lowest BCUT2D eigenvalue weighted by molar-refractivity contribution is -0.0399. The zero-order valence-corrected chi connectivity index (χ0v) is 18.5. The minimum atomic E-state index is -0.401. The highest BCUT2D eigenvalue weighted by atomic mass is 32.1. The Bertz CT molecular complexity index is 1370. The summed E-state index contributed by atoms with van der Waals surface area (Å²) in [5.74, 6) is -0.188. The lowest BCUT2D eigenvalue weighted by atomic mass is 9.91. The van der Waals surface area contributed by atoms with Crippen LogP contribution in [0.2, 0.25) is 0 Å². The summed E-state index contributed by atoms with van der Waals surface area (Å²) in [6, 6.07) is 9.17. The van der Waals surface area contributed by atoms with Crippen LogP contribution in [0, 0.1) is 5.82 Å². The third-order valence-electron chi connectivity index (χ3n) is 5.86. The molecule has 5 rings (SSSR count). The van der Waals surface area contributed by atoms with E-state index in [-0.39, 0.29) is 16.9 Å². The number of hydrogen-bond acceptors (Lipinski definition) is 5. The molecule has 1 aliphatic heterocycles. The fourth-order valence-electron chi connectivity index (χ4n) is 4.16. The molecule has 2 aromatic carbocycles. The van der Waals surface area contributed by atoms with E-state index in [1.807, 2.05) is 6.07 Å². The van der Waals surface area contributed by atoms with Gasteiger partial charge in [0, 0.05) is 23.1 Å². The number of methoxy groups -OCH3 is 1. The molecular weight excluding hydrogens is 415 g/mol. The third kappa shape index (κ3) is 3.62. The minimum Gasteiger partial charge on any atom is -0.494 e. The van der Waals surface area contributed by atoms with Crippen LogP contribution < -0.4 is 10.3 Å². The van der Waals surface area contributed by atoms with Gasteiger partial charge in [-0.25, -0.2) is 9.37 Å². The maximum Gasteiger partial charge on any atom is 0.271 e. The fraction of sp³-hybridized carbons (Fsp3) is 0.333. The van der Waals surface area contributed by atoms with Crippen molar-refractivity contribution in [3.8, 4) is 5.75 Å². The van der Waals surface area contributed by atoms with Crippen LogP contribution in [0.1, 0.15) is 30.5 Å². The van der Waals surface area contributed by atoms with Crippen molar-refractivity contribution in [1.82, 2.24) is 9.55 Å². The molecule has 0 atom stereocenters. The predicted molar refractivity (Wildman–Crippen MR) is 121 cm³/mol. The number of halogens is 1. The molecule has 0 aliphatic carbocycles. The topological polar surface area (TPSA) is 53.4 Å². The molecule has 31 heavy (non-hydrogen) atoms. The van der Waals surface area contributed by atoms with E-state index in [4.69, 9.17) is 9.47 Å². The van der Waals surface area contributed by atoms with Gasteiger partial charge in [0.15, 0.2) is 11.6 Å². The van der Waals surface area contributed by atoms with Crippen LogP contribution in [0.15, 0.2) is 41.5 Å². The van der Waals surface area contributed by atoms with Gasteiger partial charge in [-0.1, -0.05) is 6.07 Å². The van der Waals surface area contributed by atoms with E-state index < -0.39 is 5.82 Å². The number of benzene rings is 2. The molecule has 0 amide bonds. The standard InChI is InChI=1S/C24H23FN2O3S/c1-24(2)11-15-10-20-17(9-16(15)12-30-24)21-22(31-20)23(28)27(13-26-21)7-6-14-4-5-19(29-3)18(25)8-14/h4-5,8-10,13H,6-7,11-12H2,1-3H3. The summed E-state index contributed by atoms with van der Waals surface area (Å²) in [6.07, 6.45) is 2.97. The van der Waals surface area contributed by atoms with E-state index in [1.54, 1.807) is 17.0 Å². The summed E-state index contributed by atoms with van der Waals surface area (Å²) in [5, 5.41) is 1.00. The lowest BCUT2D eigenvalue weighted by Gasteiger charge is -2.31. The Labute approximate surface area is 183 Å². The smallest absolute Gasteiger partial charge is 0.271 e. The first-order chi connectivity index (χ1) is 14.8. The monoisotopic (exact) mass is 438 g/mol. The van der Waals surface area contributed by atoms with Gasteiger partial charge in [-0.3, -0.25) is 9.36 Å². The third-order valence-corrected chi connectivity index (χ3v) is 6.99. The molecule has 3 heterocycles. The maximum absolute atomic E-state index is 13.9. The van der Waals surface area contributed by atoms with Gasteiger partial charge in [0.05, 0.1) is 31.2 Å². The first-order valence-corrected chi connectivity index (χ1v) is 11.1. The first kappa shape index (κ1) is 20.2. The molecular formula is C24H23FN2O3S. The Balaban J connectivity index is 1.48. The van der Waals surface area contributed by atoms with Gasteiger partial charge in [0.2, 0.25) is 0 Å². The molecule has 4 aromatic rings. The number of fused-ring (bicyclic) bond motifs is 4. The zero-order chi connectivity index (χ0) is 21.8. The van der Waals surface area contributed by atoms with E-state index in [9.17, 15) is 9.18 Å². The summed E-state index contributed by atoms with van der Waals surface area (Å²) in [6.45, 7) is 5.20. The Morgan fingerprint density at radius 3 is 2.87 bits per heavy atom. The number of rotatable bonds is 4. The van der Waals surface area contributed by atoms with E-state index in [2.05, 4.69) is 31.0 Å². The fourth-order valence-corrected chi connectivity index (χ4v) is 5.31. The predicted octanol–water partition coefficient (Wildman–Crippen LogP) is 4.85. The van der Waals surface area contributed by atoms with Gasteiger partial charge in [-0.2, -0.15) is 0 Å². The van der Waals surface area contributed by atoms with Crippen LogP contribution >= 0.6 is 11.3 Å². The lowest BCUT2D eigenvalue weighted by Crippen LogP contribution is -2.31. The highest BCUT2D eigenvalue weighted by Crippen LogP contribution is 2.36. The molecule has 1 aliphatic rings. The minimum absolute atomic E-state index is 0.0604. The highest BCUT2D eigenvalue weighted by Gasteiger charge is 2.27. The summed E-state index contributed by atoms with van der Waals surface area (Å²) >= 11 is 1.49. The van der Waals surface area contributed by atoms with Crippen molar-refractivity contribution < 1.29 is 13.9 Å². The second-order valence-electron chi connectivity index (χ2n) is 8.58. The van der Waals surface area contributed by atoms with Gasteiger partial charge >= 0.3 is 0 Å². The summed E-state index contributed by atoms with van der Waals surface area (Å²) in [4.78, 5) is 17.7. The van der Waals surface area contributed by atoms with E-state index >= 15 is 0 Å². The number of hydrogen-bond donors (Lipinski definition) is 0. The number of aryl methyl sites for hydroxylation is 2. The van der Waals surface area contributed by atoms with Gasteiger partial charge in [0.1, 0.15) is 4.70 Å². The van der Waals surface area contributed by atoms with Crippen LogP contribution in [-0.4, -0.2) is 22.3 Å². The van der Waals surface area contributed by atoms with Crippen LogP contribution in [-0.2, 0) is 30.7 Å². The van der Waals surface area contributed by atoms with Gasteiger partial charge in [0.25, 0.3) is 5.56 Å². The number of nitrogens with zero attached hydrogens (tertiary/aromatic N) is 2. The SMILES string of the molecule is COc1ccc(CCn2cnc3c(sc4cc5c(cc43)COC(C)(C)C5)c2=O)cc1F. The van der Waals surface area contributed by atoms with Crippen molar-refractivity contribution in [3.05, 3.63) is 69.5 Å². The van der Waals surface area contributed by atoms with Crippen molar-refractivity contribution in [3.63, 3.8) is 0 Å². The Hall–Kier alpha value is -2.77. The summed E-state index contributed by atoms with van der Waals surface area (Å²) < 4.78 is 28.2. The van der Waals surface area contributed by atoms with Crippen molar-refractivity contribution in [2.75, 3.05) is 7.11 Å². The Morgan fingerprint density at radius 2 is 2.10 bits per heavy atom. The van der Waals surface area contributed by atoms with Crippen LogP contribution in [0.4, 0.5) is 4.39 Å². The van der Waals surface area contributed by atoms with Crippen LogP contribution in [0.3, 0.4) is 0 Å². The Kier molecular flexibility index (Phi) is 4.83. The second-order valence-corrected chi connectivity index (χ2v) is 9.64.